The summed E-state index contributed by atoms with van der Waals surface area (Å²) in [5.41, 5.74) is 1.44. The lowest BCUT2D eigenvalue weighted by atomic mass is 9.93. The molecule has 114 valence electrons. The van der Waals surface area contributed by atoms with Gasteiger partial charge in [0.1, 0.15) is 0 Å². The lowest BCUT2D eigenvalue weighted by Crippen LogP contribution is -2.51. The van der Waals surface area contributed by atoms with E-state index in [1.807, 2.05) is 11.8 Å². The maximum atomic E-state index is 2.81. The van der Waals surface area contributed by atoms with Crippen LogP contribution in [0.15, 0.2) is 29.2 Å². The molecule has 0 spiro atoms. The third-order valence-electron chi connectivity index (χ3n) is 5.91. The van der Waals surface area contributed by atoms with E-state index in [0.29, 0.717) is 0 Å². The monoisotopic (exact) mass is 302 g/mol. The Morgan fingerprint density at radius 3 is 2.48 bits per heavy atom. The number of nitrogens with zero attached hydrogens (tertiary/aromatic N) is 2. The average molecular weight is 302 g/mol. The molecule has 3 aliphatic rings. The molecule has 21 heavy (non-hydrogen) atoms. The van der Waals surface area contributed by atoms with E-state index < -0.39 is 0 Å². The second kappa shape index (κ2) is 5.85. The summed E-state index contributed by atoms with van der Waals surface area (Å²) in [6, 6.07) is 9.79. The largest absolute Gasteiger partial charge is 0.368 e. The molecule has 0 aromatic heterocycles. The fourth-order valence-corrected chi connectivity index (χ4v) is 5.46. The van der Waals surface area contributed by atoms with E-state index in [1.54, 1.807) is 0 Å². The highest BCUT2D eigenvalue weighted by atomic mass is 32.2. The Kier molecular flexibility index (Phi) is 3.89. The smallest absolute Gasteiger partial charge is 0.0505 e. The Morgan fingerprint density at radius 1 is 1.00 bits per heavy atom. The summed E-state index contributed by atoms with van der Waals surface area (Å²) in [5, 5.41) is 0. The molecule has 1 aliphatic heterocycles. The van der Waals surface area contributed by atoms with Gasteiger partial charge in [0.2, 0.25) is 0 Å². The molecule has 1 aromatic carbocycles. The molecule has 2 saturated carbocycles. The van der Waals surface area contributed by atoms with Crippen LogP contribution in [0, 0.1) is 11.8 Å². The van der Waals surface area contributed by atoms with Crippen molar-refractivity contribution in [3.63, 3.8) is 0 Å². The van der Waals surface area contributed by atoms with Gasteiger partial charge in [-0.05, 0) is 49.5 Å². The predicted molar refractivity (Wildman–Crippen MR) is 91.2 cm³/mol. The second-order valence-corrected chi connectivity index (χ2v) is 7.79. The van der Waals surface area contributed by atoms with Crippen molar-refractivity contribution in [1.82, 2.24) is 4.90 Å². The van der Waals surface area contributed by atoms with Crippen molar-refractivity contribution in [3.8, 4) is 0 Å². The highest BCUT2D eigenvalue weighted by molar-refractivity contribution is 7.98. The predicted octanol–water partition coefficient (Wildman–Crippen LogP) is 3.72. The summed E-state index contributed by atoms with van der Waals surface area (Å²) >= 11 is 1.87. The van der Waals surface area contributed by atoms with Crippen LogP contribution in [-0.2, 0) is 0 Å². The maximum Gasteiger partial charge on any atom is 0.0505 e. The Hall–Kier alpha value is -0.670. The summed E-state index contributed by atoms with van der Waals surface area (Å²) in [4.78, 5) is 6.82. The van der Waals surface area contributed by atoms with Crippen LogP contribution in [0.4, 0.5) is 5.69 Å². The van der Waals surface area contributed by atoms with E-state index in [-0.39, 0.29) is 0 Å². The number of para-hydroxylation sites is 1. The normalized spacial score (nSPS) is 32.8. The molecule has 2 nitrogen and oxygen atoms in total. The number of fused-ring (bicyclic) bond motifs is 2. The van der Waals surface area contributed by atoms with Gasteiger partial charge in [0.15, 0.2) is 0 Å². The van der Waals surface area contributed by atoms with Gasteiger partial charge in [0, 0.05) is 37.1 Å². The summed E-state index contributed by atoms with van der Waals surface area (Å²) < 4.78 is 0. The van der Waals surface area contributed by atoms with Crippen molar-refractivity contribution >= 4 is 17.4 Å². The van der Waals surface area contributed by atoms with Crippen LogP contribution in [0.3, 0.4) is 0 Å². The van der Waals surface area contributed by atoms with Gasteiger partial charge in [-0.25, -0.2) is 0 Å². The van der Waals surface area contributed by atoms with Gasteiger partial charge < -0.3 is 4.90 Å². The summed E-state index contributed by atoms with van der Waals surface area (Å²) in [6.45, 7) is 4.92. The number of benzene rings is 1. The van der Waals surface area contributed by atoms with Crippen molar-refractivity contribution in [2.45, 2.75) is 36.6 Å². The molecule has 0 unspecified atom stereocenters. The van der Waals surface area contributed by atoms with Crippen LogP contribution in [0.2, 0.25) is 0 Å². The molecule has 3 fully saturated rings. The Balaban J connectivity index is 1.40. The fourth-order valence-electron chi connectivity index (χ4n) is 4.84. The average Bonchev–Trinajstić information content (AvgIpc) is 3.18. The van der Waals surface area contributed by atoms with Crippen molar-refractivity contribution < 1.29 is 0 Å². The zero-order chi connectivity index (χ0) is 14.2. The minimum atomic E-state index is 0.918. The van der Waals surface area contributed by atoms with E-state index >= 15 is 0 Å². The third kappa shape index (κ3) is 2.59. The number of anilines is 1. The van der Waals surface area contributed by atoms with Crippen molar-refractivity contribution in [3.05, 3.63) is 24.3 Å². The molecule has 2 bridgehead atoms. The topological polar surface area (TPSA) is 6.48 Å². The van der Waals surface area contributed by atoms with Crippen molar-refractivity contribution in [2.75, 3.05) is 37.3 Å². The van der Waals surface area contributed by atoms with Crippen LogP contribution >= 0.6 is 11.8 Å². The maximum absolute atomic E-state index is 2.81. The first kappa shape index (κ1) is 14.0. The minimum absolute atomic E-state index is 0.918. The zero-order valence-corrected chi connectivity index (χ0v) is 13.8. The Labute approximate surface area is 132 Å². The molecule has 3 atom stereocenters. The van der Waals surface area contributed by atoms with E-state index in [1.165, 1.54) is 62.4 Å². The Morgan fingerprint density at radius 2 is 1.81 bits per heavy atom. The van der Waals surface area contributed by atoms with Crippen molar-refractivity contribution in [2.24, 2.45) is 11.8 Å². The molecular formula is C18H26N2S. The number of hydrogen-bond acceptors (Lipinski definition) is 3. The minimum Gasteiger partial charge on any atom is -0.368 e. The standard InChI is InChI=1S/C18H26N2S/c1-21-18-5-3-2-4-16(18)19-8-10-20(11-9-19)17-13-14-6-7-15(17)12-14/h2-5,14-15,17H,6-13H2,1H3/t14-,15-,17-/m0/s1. The van der Waals surface area contributed by atoms with Crippen molar-refractivity contribution in [1.29, 1.82) is 0 Å². The molecule has 1 aromatic rings. The fraction of sp³-hybridized carbons (Fsp3) is 0.667. The molecular weight excluding hydrogens is 276 g/mol. The van der Waals surface area contributed by atoms with E-state index in [2.05, 4.69) is 40.3 Å². The van der Waals surface area contributed by atoms with E-state index in [4.69, 9.17) is 0 Å². The number of thioether (sulfide) groups is 1. The van der Waals surface area contributed by atoms with Gasteiger partial charge in [0.05, 0.1) is 5.69 Å². The van der Waals surface area contributed by atoms with Crippen LogP contribution in [0.5, 0.6) is 0 Å². The second-order valence-electron chi connectivity index (χ2n) is 6.94. The summed E-state index contributed by atoms with van der Waals surface area (Å²) in [6.07, 6.45) is 8.23. The Bertz CT molecular complexity index is 496. The molecule has 0 radical (unpaired) electrons. The van der Waals surface area contributed by atoms with Gasteiger partial charge in [-0.3, -0.25) is 4.90 Å². The highest BCUT2D eigenvalue weighted by Crippen LogP contribution is 2.46. The first-order valence-corrected chi connectivity index (χ1v) is 9.69. The summed E-state index contributed by atoms with van der Waals surface area (Å²) in [5.74, 6) is 2.09. The lowest BCUT2D eigenvalue weighted by Gasteiger charge is -2.42. The molecule has 4 rings (SSSR count). The number of piperazine rings is 1. The van der Waals surface area contributed by atoms with E-state index in [9.17, 15) is 0 Å². The first-order chi connectivity index (χ1) is 10.3. The van der Waals surface area contributed by atoms with Gasteiger partial charge in [-0.2, -0.15) is 0 Å². The van der Waals surface area contributed by atoms with Crippen LogP contribution in [0.1, 0.15) is 25.7 Å². The molecule has 1 heterocycles. The molecule has 1 saturated heterocycles. The summed E-state index contributed by atoms with van der Waals surface area (Å²) in [7, 11) is 0. The van der Waals surface area contributed by atoms with Gasteiger partial charge in [-0.15, -0.1) is 11.8 Å². The SMILES string of the molecule is CSc1ccccc1N1CCN([C@H]2C[C@H]3CC[C@H]2C3)CC1. The van der Waals surface area contributed by atoms with Gasteiger partial charge >= 0.3 is 0 Å². The lowest BCUT2D eigenvalue weighted by molar-refractivity contribution is 0.135. The molecule has 3 heteroatoms. The van der Waals surface area contributed by atoms with Gasteiger partial charge in [-0.1, -0.05) is 18.6 Å². The van der Waals surface area contributed by atoms with E-state index in [0.717, 1.165) is 17.9 Å². The number of hydrogen-bond donors (Lipinski definition) is 0. The van der Waals surface area contributed by atoms with Crippen LogP contribution in [-0.4, -0.2) is 43.4 Å². The molecule has 0 amide bonds. The van der Waals surface area contributed by atoms with Crippen LogP contribution < -0.4 is 4.90 Å². The zero-order valence-electron chi connectivity index (χ0n) is 13.0. The molecule has 0 N–H and O–H groups in total. The quantitative estimate of drug-likeness (QED) is 0.786. The van der Waals surface area contributed by atoms with Crippen LogP contribution in [0.25, 0.3) is 0 Å². The molecule has 2 aliphatic carbocycles. The highest BCUT2D eigenvalue weighted by Gasteiger charge is 2.42. The van der Waals surface area contributed by atoms with Gasteiger partial charge in [0.25, 0.3) is 0 Å². The number of rotatable bonds is 3. The first-order valence-electron chi connectivity index (χ1n) is 8.47. The third-order valence-corrected chi connectivity index (χ3v) is 6.69.